The van der Waals surface area contributed by atoms with Gasteiger partial charge in [-0.05, 0) is 6.92 Å². The fourth-order valence-electron chi connectivity index (χ4n) is 1.19. The van der Waals surface area contributed by atoms with Gasteiger partial charge >= 0.3 is 0 Å². The van der Waals surface area contributed by atoms with Gasteiger partial charge in [0.25, 0.3) is 0 Å². The number of halogens is 1. The molecule has 0 aliphatic heterocycles. The van der Waals surface area contributed by atoms with E-state index < -0.39 is 0 Å². The van der Waals surface area contributed by atoms with Crippen molar-refractivity contribution < 1.29 is 4.74 Å². The van der Waals surface area contributed by atoms with Crippen LogP contribution in [0.15, 0.2) is 12.1 Å². The van der Waals surface area contributed by atoms with E-state index in [2.05, 4.69) is 10.3 Å². The molecule has 4 heteroatoms. The Labute approximate surface area is 89.4 Å². The third kappa shape index (κ3) is 3.52. The largest absolute Gasteiger partial charge is 0.497 e. The summed E-state index contributed by atoms with van der Waals surface area (Å²) in [5.74, 6) is 1.46. The van der Waals surface area contributed by atoms with Crippen molar-refractivity contribution in [2.45, 2.75) is 13.5 Å². The van der Waals surface area contributed by atoms with E-state index in [1.54, 1.807) is 7.11 Å². The second-order valence-corrected chi connectivity index (χ2v) is 3.38. The molecule has 0 unspecified atom stereocenters. The highest BCUT2D eigenvalue weighted by molar-refractivity contribution is 6.18. The Morgan fingerprint density at radius 2 is 2.29 bits per heavy atom. The molecule has 3 nitrogen and oxygen atoms in total. The summed E-state index contributed by atoms with van der Waals surface area (Å²) >= 11 is 5.55. The summed E-state index contributed by atoms with van der Waals surface area (Å²) in [5.41, 5.74) is 1.94. The van der Waals surface area contributed by atoms with Crippen LogP contribution >= 0.6 is 11.6 Å². The van der Waals surface area contributed by atoms with Crippen LogP contribution in [0.3, 0.4) is 0 Å². The van der Waals surface area contributed by atoms with Gasteiger partial charge in [-0.1, -0.05) is 0 Å². The lowest BCUT2D eigenvalue weighted by molar-refractivity contribution is 0.412. The zero-order valence-corrected chi connectivity index (χ0v) is 9.27. The molecule has 0 saturated heterocycles. The Morgan fingerprint density at radius 1 is 1.50 bits per heavy atom. The second kappa shape index (κ2) is 5.83. The van der Waals surface area contributed by atoms with Gasteiger partial charge < -0.3 is 10.1 Å². The first-order chi connectivity index (χ1) is 6.76. The van der Waals surface area contributed by atoms with Gasteiger partial charge in [-0.2, -0.15) is 0 Å². The summed E-state index contributed by atoms with van der Waals surface area (Å²) in [6.07, 6.45) is 0. The molecule has 1 aromatic rings. The number of nitrogens with one attached hydrogen (secondary N) is 1. The molecule has 0 aromatic carbocycles. The van der Waals surface area contributed by atoms with Crippen LogP contribution in [0.2, 0.25) is 0 Å². The monoisotopic (exact) mass is 214 g/mol. The highest BCUT2D eigenvalue weighted by Gasteiger charge is 1.99. The first kappa shape index (κ1) is 11.3. The summed E-state index contributed by atoms with van der Waals surface area (Å²) in [4.78, 5) is 4.37. The summed E-state index contributed by atoms with van der Waals surface area (Å²) in [6, 6.07) is 3.83. The predicted octanol–water partition coefficient (Wildman–Crippen LogP) is 1.73. The molecular weight excluding hydrogens is 200 g/mol. The molecule has 0 spiro atoms. The Morgan fingerprint density at radius 3 is 2.93 bits per heavy atom. The maximum absolute atomic E-state index is 5.55. The lowest BCUT2D eigenvalue weighted by atomic mass is 10.3. The molecule has 1 N–H and O–H groups in total. The lowest BCUT2D eigenvalue weighted by Crippen LogP contribution is -2.16. The van der Waals surface area contributed by atoms with Crippen LogP contribution in [-0.2, 0) is 6.54 Å². The highest BCUT2D eigenvalue weighted by atomic mass is 35.5. The number of hydrogen-bond acceptors (Lipinski definition) is 3. The summed E-state index contributed by atoms with van der Waals surface area (Å²) in [7, 11) is 1.66. The standard InChI is InChI=1S/C10H15ClN2O/c1-8-5-10(14-2)6-9(13-8)7-12-4-3-11/h5-6,12H,3-4,7H2,1-2H3. The van der Waals surface area contributed by atoms with Crippen molar-refractivity contribution in [3.63, 3.8) is 0 Å². The van der Waals surface area contributed by atoms with Gasteiger partial charge in [-0.3, -0.25) is 4.98 Å². The van der Waals surface area contributed by atoms with Gasteiger partial charge in [0.1, 0.15) is 5.75 Å². The zero-order chi connectivity index (χ0) is 10.4. The van der Waals surface area contributed by atoms with E-state index >= 15 is 0 Å². The van der Waals surface area contributed by atoms with Gasteiger partial charge in [-0.25, -0.2) is 0 Å². The Kier molecular flexibility index (Phi) is 4.70. The van der Waals surface area contributed by atoms with Crippen molar-refractivity contribution in [2.24, 2.45) is 0 Å². The molecule has 0 atom stereocenters. The Hall–Kier alpha value is -0.800. The molecule has 0 fully saturated rings. The number of ether oxygens (including phenoxy) is 1. The molecular formula is C10H15ClN2O. The van der Waals surface area contributed by atoms with Crippen molar-refractivity contribution in [3.05, 3.63) is 23.5 Å². The van der Waals surface area contributed by atoms with Gasteiger partial charge in [-0.15, -0.1) is 11.6 Å². The molecule has 78 valence electrons. The highest BCUT2D eigenvalue weighted by Crippen LogP contribution is 2.12. The fourth-order valence-corrected chi connectivity index (χ4v) is 1.33. The van der Waals surface area contributed by atoms with Crippen LogP contribution in [0, 0.1) is 6.92 Å². The van der Waals surface area contributed by atoms with Crippen LogP contribution < -0.4 is 10.1 Å². The third-order valence-corrected chi connectivity index (χ3v) is 1.98. The molecule has 0 saturated carbocycles. The number of pyridine rings is 1. The maximum Gasteiger partial charge on any atom is 0.122 e. The van der Waals surface area contributed by atoms with Crippen LogP contribution in [-0.4, -0.2) is 24.5 Å². The van der Waals surface area contributed by atoms with E-state index in [0.717, 1.165) is 30.2 Å². The molecule has 1 heterocycles. The number of nitrogens with zero attached hydrogens (tertiary/aromatic N) is 1. The van der Waals surface area contributed by atoms with Crippen molar-refractivity contribution in [3.8, 4) is 5.75 Å². The van der Waals surface area contributed by atoms with Crippen molar-refractivity contribution >= 4 is 11.6 Å². The lowest BCUT2D eigenvalue weighted by Gasteiger charge is -2.06. The van der Waals surface area contributed by atoms with Gasteiger partial charge in [0, 0.05) is 36.8 Å². The van der Waals surface area contributed by atoms with Crippen LogP contribution in [0.4, 0.5) is 0 Å². The molecule has 0 aliphatic rings. The average Bonchev–Trinajstić information content (AvgIpc) is 2.17. The topological polar surface area (TPSA) is 34.1 Å². The van der Waals surface area contributed by atoms with Gasteiger partial charge in [0.15, 0.2) is 0 Å². The first-order valence-electron chi connectivity index (χ1n) is 4.54. The van der Waals surface area contributed by atoms with Crippen LogP contribution in [0.1, 0.15) is 11.4 Å². The average molecular weight is 215 g/mol. The quantitative estimate of drug-likeness (QED) is 0.599. The first-order valence-corrected chi connectivity index (χ1v) is 5.08. The number of rotatable bonds is 5. The van der Waals surface area contributed by atoms with Crippen molar-refractivity contribution in [1.82, 2.24) is 10.3 Å². The molecule has 0 amide bonds. The fraction of sp³-hybridized carbons (Fsp3) is 0.500. The van der Waals surface area contributed by atoms with Crippen LogP contribution in [0.25, 0.3) is 0 Å². The third-order valence-electron chi connectivity index (χ3n) is 1.79. The number of aromatic nitrogens is 1. The number of aryl methyl sites for hydroxylation is 1. The van der Waals surface area contributed by atoms with Gasteiger partial charge in [0.2, 0.25) is 0 Å². The molecule has 14 heavy (non-hydrogen) atoms. The molecule has 1 aromatic heterocycles. The molecule has 0 aliphatic carbocycles. The number of hydrogen-bond donors (Lipinski definition) is 1. The zero-order valence-electron chi connectivity index (χ0n) is 8.51. The minimum absolute atomic E-state index is 0.614. The normalized spacial score (nSPS) is 10.2. The smallest absolute Gasteiger partial charge is 0.122 e. The van der Waals surface area contributed by atoms with Crippen molar-refractivity contribution in [2.75, 3.05) is 19.5 Å². The van der Waals surface area contributed by atoms with E-state index in [0.29, 0.717) is 5.88 Å². The minimum atomic E-state index is 0.614. The second-order valence-electron chi connectivity index (χ2n) is 3.01. The van der Waals surface area contributed by atoms with E-state index in [4.69, 9.17) is 16.3 Å². The summed E-state index contributed by atoms with van der Waals surface area (Å²) < 4.78 is 5.15. The van der Waals surface area contributed by atoms with Gasteiger partial charge in [0.05, 0.1) is 12.8 Å². The summed E-state index contributed by atoms with van der Waals surface area (Å²) in [5, 5.41) is 3.18. The molecule has 0 bridgehead atoms. The Balaban J connectivity index is 2.62. The van der Waals surface area contributed by atoms with E-state index in [1.807, 2.05) is 19.1 Å². The van der Waals surface area contributed by atoms with E-state index in [9.17, 15) is 0 Å². The number of methoxy groups -OCH3 is 1. The molecule has 1 rings (SSSR count). The van der Waals surface area contributed by atoms with E-state index in [1.165, 1.54) is 0 Å². The van der Waals surface area contributed by atoms with E-state index in [-0.39, 0.29) is 0 Å². The number of alkyl halides is 1. The maximum atomic E-state index is 5.55. The molecule has 0 radical (unpaired) electrons. The SMILES string of the molecule is COc1cc(C)nc(CNCCCl)c1. The summed E-state index contributed by atoms with van der Waals surface area (Å²) in [6.45, 7) is 3.47. The van der Waals surface area contributed by atoms with Crippen molar-refractivity contribution in [1.29, 1.82) is 0 Å². The minimum Gasteiger partial charge on any atom is -0.497 e. The van der Waals surface area contributed by atoms with Crippen LogP contribution in [0.5, 0.6) is 5.75 Å². The predicted molar refractivity (Wildman–Crippen MR) is 58.0 cm³/mol. The Bertz CT molecular complexity index is 291.